The van der Waals surface area contributed by atoms with Gasteiger partial charge in [-0.3, -0.25) is 0 Å². The van der Waals surface area contributed by atoms with E-state index in [9.17, 15) is 0 Å². The summed E-state index contributed by atoms with van der Waals surface area (Å²) in [6.45, 7) is 21.4. The largest absolute Gasteiger partial charge is 0.310 e. The lowest BCUT2D eigenvalue weighted by Crippen LogP contribution is -2.15. The van der Waals surface area contributed by atoms with Crippen LogP contribution in [-0.4, -0.2) is 0 Å². The Labute approximate surface area is 472 Å². The molecule has 4 aliphatic rings. The predicted molar refractivity (Wildman–Crippen MR) is 338 cm³/mol. The number of benzene rings is 11. The molecule has 0 bridgehead atoms. The molecular formula is C79H65N. The molecule has 0 amide bonds. The van der Waals surface area contributed by atoms with Gasteiger partial charge in [-0.2, -0.15) is 0 Å². The first-order valence-corrected chi connectivity index (χ1v) is 28.7. The van der Waals surface area contributed by atoms with Crippen molar-refractivity contribution < 1.29 is 0 Å². The van der Waals surface area contributed by atoms with Crippen LogP contribution in [0, 0.1) is 6.92 Å². The fraction of sp³-hybridized carbons (Fsp3) is 0.165. The Bertz CT molecular complexity index is 4120. The third-order valence-electron chi connectivity index (χ3n) is 19.5. The highest BCUT2D eigenvalue weighted by molar-refractivity contribution is 5.93. The monoisotopic (exact) mass is 1030 g/mol. The molecule has 0 radical (unpaired) electrons. The Morgan fingerprint density at radius 3 is 0.775 bits per heavy atom. The molecular weight excluding hydrogens is 963 g/mol. The molecule has 0 aromatic heterocycles. The third-order valence-corrected chi connectivity index (χ3v) is 19.5. The van der Waals surface area contributed by atoms with Crippen LogP contribution in [0.25, 0.3) is 89.0 Å². The maximum atomic E-state index is 2.49. The zero-order chi connectivity index (χ0) is 54.6. The Kier molecular flexibility index (Phi) is 10.3. The summed E-state index contributed by atoms with van der Waals surface area (Å²) < 4.78 is 0. The molecule has 4 aliphatic carbocycles. The first-order chi connectivity index (χ1) is 38.6. The number of rotatable bonds is 7. The summed E-state index contributed by atoms with van der Waals surface area (Å²) in [5, 5.41) is 0. The van der Waals surface area contributed by atoms with Crippen LogP contribution in [0.1, 0.15) is 105 Å². The van der Waals surface area contributed by atoms with Crippen LogP contribution in [0.5, 0.6) is 0 Å². The van der Waals surface area contributed by atoms with E-state index >= 15 is 0 Å². The van der Waals surface area contributed by atoms with Gasteiger partial charge in [-0.1, -0.05) is 225 Å². The fourth-order valence-corrected chi connectivity index (χ4v) is 15.0. The van der Waals surface area contributed by atoms with Crippen molar-refractivity contribution in [3.63, 3.8) is 0 Å². The Hall–Kier alpha value is -8.78. The lowest BCUT2D eigenvalue weighted by Gasteiger charge is -2.29. The van der Waals surface area contributed by atoms with Gasteiger partial charge in [-0.25, -0.2) is 0 Å². The highest BCUT2D eigenvalue weighted by atomic mass is 15.1. The maximum absolute atomic E-state index is 2.49. The van der Waals surface area contributed by atoms with Crippen LogP contribution >= 0.6 is 0 Å². The first kappa shape index (κ1) is 48.4. The average molecular weight is 1030 g/mol. The SMILES string of the molecule is Cc1c(-c2ccc3c(c2)C(C)(C)c2ccccc2-3)cc(N(c2ccc(-c3ccc4c(c3)C(C)(C)c3ccccc3-4)cc2)c2ccc(-c3ccc4c(c3)C(C)(C)c3ccccc3-4)cc2)cc1-c1ccc2c(c1)C(C)(C)c1ccccc1-2. The van der Waals surface area contributed by atoms with Crippen molar-refractivity contribution in [2.75, 3.05) is 4.90 Å². The van der Waals surface area contributed by atoms with Gasteiger partial charge in [0, 0.05) is 38.7 Å². The van der Waals surface area contributed by atoms with Crippen LogP contribution in [0.4, 0.5) is 17.1 Å². The number of fused-ring (bicyclic) bond motifs is 12. The molecule has 11 aromatic rings. The fourth-order valence-electron chi connectivity index (χ4n) is 15.0. The molecule has 0 aliphatic heterocycles. The zero-order valence-electron chi connectivity index (χ0n) is 47.4. The lowest BCUT2D eigenvalue weighted by atomic mass is 9.80. The molecule has 0 saturated heterocycles. The van der Waals surface area contributed by atoms with Crippen molar-refractivity contribution in [2.45, 2.75) is 84.0 Å². The van der Waals surface area contributed by atoms with Crippen molar-refractivity contribution in [1.82, 2.24) is 0 Å². The van der Waals surface area contributed by atoms with Gasteiger partial charge in [0.05, 0.1) is 0 Å². The normalized spacial score (nSPS) is 15.5. The van der Waals surface area contributed by atoms with E-state index in [2.05, 4.69) is 298 Å². The number of hydrogen-bond donors (Lipinski definition) is 0. The van der Waals surface area contributed by atoms with E-state index in [0.717, 1.165) is 17.1 Å². The summed E-state index contributed by atoms with van der Waals surface area (Å²) in [7, 11) is 0. The minimum atomic E-state index is -0.135. The molecule has 15 rings (SSSR count). The third kappa shape index (κ3) is 6.95. The van der Waals surface area contributed by atoms with E-state index in [0.29, 0.717) is 0 Å². The molecule has 80 heavy (non-hydrogen) atoms. The van der Waals surface area contributed by atoms with Crippen LogP contribution in [0.2, 0.25) is 0 Å². The van der Waals surface area contributed by atoms with E-state index in [1.54, 1.807) is 0 Å². The molecule has 0 heterocycles. The summed E-state index contributed by atoms with van der Waals surface area (Å²) in [6.07, 6.45) is 0. The summed E-state index contributed by atoms with van der Waals surface area (Å²) in [5.41, 5.74) is 35.8. The Morgan fingerprint density at radius 2 is 0.463 bits per heavy atom. The molecule has 0 N–H and O–H groups in total. The van der Waals surface area contributed by atoms with Gasteiger partial charge in [0.25, 0.3) is 0 Å². The first-order valence-electron chi connectivity index (χ1n) is 28.7. The summed E-state index contributed by atoms with van der Waals surface area (Å²) in [5.74, 6) is 0. The summed E-state index contributed by atoms with van der Waals surface area (Å²) in [6, 6.07) is 88.0. The standard InChI is InChI=1S/C79H65N/c1-48-66(53-32-40-64-60-20-12-16-24-70(60)78(6,7)74(64)44-53)46-57(47-67(48)54-33-41-65-61-21-13-17-25-71(61)79(8,9)75(65)45-54)80(55-34-26-49(27-35-55)51-30-38-62-58-18-10-14-22-68(58)76(2,3)72(62)42-51)56-36-28-50(29-37-56)52-31-39-63-59-19-11-15-23-69(59)77(4,5)73(63)43-52/h10-47H,1-9H3. The molecule has 0 fully saturated rings. The van der Waals surface area contributed by atoms with E-state index < -0.39 is 0 Å². The zero-order valence-corrected chi connectivity index (χ0v) is 47.4. The van der Waals surface area contributed by atoms with Crippen LogP contribution in [0.15, 0.2) is 231 Å². The number of anilines is 3. The van der Waals surface area contributed by atoms with Crippen LogP contribution in [-0.2, 0) is 21.7 Å². The van der Waals surface area contributed by atoms with Gasteiger partial charge in [0.1, 0.15) is 0 Å². The molecule has 1 nitrogen and oxygen atoms in total. The minimum absolute atomic E-state index is 0.0795. The van der Waals surface area contributed by atoms with Gasteiger partial charge >= 0.3 is 0 Å². The van der Waals surface area contributed by atoms with Gasteiger partial charge in [-0.15, -0.1) is 0 Å². The van der Waals surface area contributed by atoms with E-state index in [1.165, 1.54) is 139 Å². The van der Waals surface area contributed by atoms with Crippen molar-refractivity contribution in [2.24, 2.45) is 0 Å². The molecule has 11 aromatic carbocycles. The van der Waals surface area contributed by atoms with Gasteiger partial charge < -0.3 is 4.90 Å². The maximum Gasteiger partial charge on any atom is 0.0474 e. The van der Waals surface area contributed by atoms with Crippen LogP contribution in [0.3, 0.4) is 0 Å². The van der Waals surface area contributed by atoms with E-state index in [-0.39, 0.29) is 21.7 Å². The Morgan fingerprint density at radius 1 is 0.212 bits per heavy atom. The van der Waals surface area contributed by atoms with Crippen molar-refractivity contribution in [3.8, 4) is 89.0 Å². The molecule has 0 saturated carbocycles. The topological polar surface area (TPSA) is 3.24 Å². The molecule has 1 heteroatoms. The second kappa shape index (κ2) is 17.1. The minimum Gasteiger partial charge on any atom is -0.310 e. The second-order valence-electron chi connectivity index (χ2n) is 25.3. The highest BCUT2D eigenvalue weighted by Crippen LogP contribution is 2.55. The van der Waals surface area contributed by atoms with Gasteiger partial charge in [-0.05, 0) is 207 Å². The van der Waals surface area contributed by atoms with Gasteiger partial charge in [0.2, 0.25) is 0 Å². The second-order valence-corrected chi connectivity index (χ2v) is 25.3. The molecule has 0 unspecified atom stereocenters. The van der Waals surface area contributed by atoms with E-state index in [1.807, 2.05) is 0 Å². The smallest absolute Gasteiger partial charge is 0.0474 e. The molecule has 386 valence electrons. The van der Waals surface area contributed by atoms with E-state index in [4.69, 9.17) is 0 Å². The van der Waals surface area contributed by atoms with Crippen molar-refractivity contribution >= 4 is 17.1 Å². The summed E-state index contributed by atoms with van der Waals surface area (Å²) in [4.78, 5) is 2.49. The van der Waals surface area contributed by atoms with Gasteiger partial charge in [0.15, 0.2) is 0 Å². The van der Waals surface area contributed by atoms with Crippen molar-refractivity contribution in [1.29, 1.82) is 0 Å². The van der Waals surface area contributed by atoms with Crippen molar-refractivity contribution in [3.05, 3.63) is 281 Å². The van der Waals surface area contributed by atoms with Crippen LogP contribution < -0.4 is 4.90 Å². The predicted octanol–water partition coefficient (Wildman–Crippen LogP) is 21.4. The quantitative estimate of drug-likeness (QED) is 0.154. The summed E-state index contributed by atoms with van der Waals surface area (Å²) >= 11 is 0. The Balaban J connectivity index is 0.903. The molecule has 0 atom stereocenters. The number of hydrogen-bond acceptors (Lipinski definition) is 1. The number of nitrogens with zero attached hydrogens (tertiary/aromatic N) is 1. The highest BCUT2D eigenvalue weighted by Gasteiger charge is 2.39. The average Bonchev–Trinajstić information content (AvgIpc) is 4.05. The molecule has 0 spiro atoms. The lowest BCUT2D eigenvalue weighted by molar-refractivity contribution is 0.660.